The number of hydrogen-bond donors (Lipinski definition) is 1. The molecule has 1 aromatic rings. The molecule has 0 aliphatic heterocycles. The molecule has 0 saturated heterocycles. The quantitative estimate of drug-likeness (QED) is 0.646. The van der Waals surface area contributed by atoms with Crippen LogP contribution < -0.4 is 5.32 Å². The van der Waals surface area contributed by atoms with Crippen LogP contribution in [-0.2, 0) is 14.3 Å². The first kappa shape index (κ1) is 17.4. The number of ether oxygens (including phenoxy) is 1. The van der Waals surface area contributed by atoms with Gasteiger partial charge in [0, 0.05) is 17.4 Å². The molecular formula is C14H17F2NO3S. The van der Waals surface area contributed by atoms with Crippen molar-refractivity contribution in [1.82, 2.24) is 0 Å². The molecule has 0 aliphatic carbocycles. The Bertz CT molecular complexity index is 537. The van der Waals surface area contributed by atoms with Crippen molar-refractivity contribution >= 4 is 29.3 Å². The fourth-order valence-corrected chi connectivity index (χ4v) is 2.49. The van der Waals surface area contributed by atoms with Crippen molar-refractivity contribution in [3.05, 3.63) is 23.8 Å². The van der Waals surface area contributed by atoms with Crippen LogP contribution in [0.15, 0.2) is 17.0 Å². The lowest BCUT2D eigenvalue weighted by molar-refractivity contribution is -0.139. The Morgan fingerprint density at radius 2 is 2.00 bits per heavy atom. The molecule has 4 nitrogen and oxygen atoms in total. The first-order chi connectivity index (χ1) is 9.88. The highest BCUT2D eigenvalue weighted by Gasteiger charge is 2.19. The average molecular weight is 317 g/mol. The first-order valence-electron chi connectivity index (χ1n) is 6.42. The molecule has 1 atom stereocenters. The summed E-state index contributed by atoms with van der Waals surface area (Å²) >= 11 is 0.899. The highest BCUT2D eigenvalue weighted by molar-refractivity contribution is 8.00. The molecule has 0 radical (unpaired) electrons. The van der Waals surface area contributed by atoms with Gasteiger partial charge in [0.15, 0.2) is 0 Å². The fourth-order valence-electron chi connectivity index (χ4n) is 1.56. The van der Waals surface area contributed by atoms with E-state index < -0.39 is 22.9 Å². The molecule has 0 bridgehead atoms. The second-order valence-electron chi connectivity index (χ2n) is 4.34. The van der Waals surface area contributed by atoms with E-state index in [4.69, 9.17) is 0 Å². The standard InChI is InChI=1S/C14H17F2NO3S/c1-4-5-13(18)17-11-7-12(10(16)6-9(11)15)21-8(2)14(19)20-3/h6-8H,4-5H2,1-3H3,(H,17,18). The molecule has 21 heavy (non-hydrogen) atoms. The van der Waals surface area contributed by atoms with Gasteiger partial charge in [-0.1, -0.05) is 6.92 Å². The van der Waals surface area contributed by atoms with Crippen molar-refractivity contribution < 1.29 is 23.1 Å². The van der Waals surface area contributed by atoms with Gasteiger partial charge in [0.2, 0.25) is 5.91 Å². The highest BCUT2D eigenvalue weighted by Crippen LogP contribution is 2.31. The third-order valence-electron chi connectivity index (χ3n) is 2.61. The lowest BCUT2D eigenvalue weighted by Crippen LogP contribution is -2.15. The highest BCUT2D eigenvalue weighted by atomic mass is 32.2. The second-order valence-corrected chi connectivity index (χ2v) is 5.73. The summed E-state index contributed by atoms with van der Waals surface area (Å²) in [7, 11) is 1.23. The van der Waals surface area contributed by atoms with Crippen LogP contribution in [0.1, 0.15) is 26.7 Å². The number of methoxy groups -OCH3 is 1. The summed E-state index contributed by atoms with van der Waals surface area (Å²) in [5.74, 6) is -2.51. The molecule has 7 heteroatoms. The van der Waals surface area contributed by atoms with Crippen LogP contribution in [0.5, 0.6) is 0 Å². The van der Waals surface area contributed by atoms with Crippen molar-refractivity contribution in [3.8, 4) is 0 Å². The topological polar surface area (TPSA) is 55.4 Å². The normalized spacial score (nSPS) is 11.9. The number of halogens is 2. The van der Waals surface area contributed by atoms with Crippen LogP contribution in [0.4, 0.5) is 14.5 Å². The number of hydrogen-bond acceptors (Lipinski definition) is 4. The monoisotopic (exact) mass is 317 g/mol. The molecule has 0 aliphatic rings. The van der Waals surface area contributed by atoms with E-state index in [2.05, 4.69) is 10.1 Å². The Kier molecular flexibility index (Phi) is 6.61. The van der Waals surface area contributed by atoms with Gasteiger partial charge in [-0.3, -0.25) is 9.59 Å². The molecule has 0 saturated carbocycles. The third kappa shape index (κ3) is 5.00. The zero-order chi connectivity index (χ0) is 16.0. The smallest absolute Gasteiger partial charge is 0.318 e. The molecule has 1 aromatic carbocycles. The molecule has 116 valence electrons. The van der Waals surface area contributed by atoms with Crippen LogP contribution in [0.25, 0.3) is 0 Å². The molecule has 0 spiro atoms. The van der Waals surface area contributed by atoms with Gasteiger partial charge in [0.05, 0.1) is 12.8 Å². The van der Waals surface area contributed by atoms with Gasteiger partial charge in [0.1, 0.15) is 16.9 Å². The Hall–Kier alpha value is -1.63. The van der Waals surface area contributed by atoms with Crippen molar-refractivity contribution in [3.63, 3.8) is 0 Å². The fraction of sp³-hybridized carbons (Fsp3) is 0.429. The van der Waals surface area contributed by atoms with Gasteiger partial charge in [-0.15, -0.1) is 11.8 Å². The summed E-state index contributed by atoms with van der Waals surface area (Å²) in [5.41, 5.74) is -0.102. The lowest BCUT2D eigenvalue weighted by Gasteiger charge is -2.12. The maximum atomic E-state index is 13.7. The molecule has 1 N–H and O–H groups in total. The minimum absolute atomic E-state index is 0.0705. The SMILES string of the molecule is CCCC(=O)Nc1cc(SC(C)C(=O)OC)c(F)cc1F. The second kappa shape index (κ2) is 7.97. The number of benzene rings is 1. The van der Waals surface area contributed by atoms with Crippen molar-refractivity contribution in [2.45, 2.75) is 36.8 Å². The Balaban J connectivity index is 2.95. The molecule has 1 rings (SSSR count). The van der Waals surface area contributed by atoms with E-state index in [1.165, 1.54) is 13.2 Å². The maximum Gasteiger partial charge on any atom is 0.318 e. The van der Waals surface area contributed by atoms with Crippen LogP contribution >= 0.6 is 11.8 Å². The first-order valence-corrected chi connectivity index (χ1v) is 7.30. The van der Waals surface area contributed by atoms with E-state index >= 15 is 0 Å². The maximum absolute atomic E-state index is 13.7. The van der Waals surface area contributed by atoms with E-state index in [1.807, 2.05) is 6.92 Å². The van der Waals surface area contributed by atoms with Gasteiger partial charge in [-0.25, -0.2) is 8.78 Å². The van der Waals surface area contributed by atoms with E-state index in [0.717, 1.165) is 11.8 Å². The van der Waals surface area contributed by atoms with E-state index in [0.29, 0.717) is 12.5 Å². The minimum Gasteiger partial charge on any atom is -0.468 e. The Morgan fingerprint density at radius 3 is 2.57 bits per heavy atom. The number of nitrogens with one attached hydrogen (secondary N) is 1. The zero-order valence-corrected chi connectivity index (χ0v) is 12.9. The summed E-state index contributed by atoms with van der Waals surface area (Å²) in [5, 5.41) is 1.74. The number of esters is 1. The number of carbonyl (C=O) groups excluding carboxylic acids is 2. The van der Waals surface area contributed by atoms with Crippen LogP contribution in [0.2, 0.25) is 0 Å². The van der Waals surface area contributed by atoms with Crippen molar-refractivity contribution in [1.29, 1.82) is 0 Å². The Morgan fingerprint density at radius 1 is 1.33 bits per heavy atom. The molecule has 0 aromatic heterocycles. The third-order valence-corrected chi connectivity index (χ3v) is 3.72. The van der Waals surface area contributed by atoms with E-state index in [1.54, 1.807) is 6.92 Å². The number of anilines is 1. The number of amides is 1. The zero-order valence-electron chi connectivity index (χ0n) is 12.0. The molecule has 1 unspecified atom stereocenters. The van der Waals surface area contributed by atoms with E-state index in [9.17, 15) is 18.4 Å². The van der Waals surface area contributed by atoms with Crippen molar-refractivity contribution in [2.75, 3.05) is 12.4 Å². The molecular weight excluding hydrogens is 300 g/mol. The molecule has 1 amide bonds. The summed E-state index contributed by atoms with van der Waals surface area (Å²) in [6.45, 7) is 3.37. The van der Waals surface area contributed by atoms with Crippen LogP contribution in [-0.4, -0.2) is 24.2 Å². The lowest BCUT2D eigenvalue weighted by atomic mass is 10.2. The van der Waals surface area contributed by atoms with Gasteiger partial charge in [-0.05, 0) is 19.4 Å². The van der Waals surface area contributed by atoms with Crippen LogP contribution in [0, 0.1) is 11.6 Å². The number of carbonyl (C=O) groups is 2. The summed E-state index contributed by atoms with van der Waals surface area (Å²) < 4.78 is 31.9. The van der Waals surface area contributed by atoms with E-state index in [-0.39, 0.29) is 22.9 Å². The van der Waals surface area contributed by atoms with Crippen LogP contribution in [0.3, 0.4) is 0 Å². The number of thioether (sulfide) groups is 1. The summed E-state index contributed by atoms with van der Waals surface area (Å²) in [6.07, 6.45) is 0.869. The van der Waals surface area contributed by atoms with Gasteiger partial charge >= 0.3 is 5.97 Å². The predicted octanol–water partition coefficient (Wildman–Crippen LogP) is 3.36. The predicted molar refractivity (Wildman–Crippen MR) is 77.2 cm³/mol. The van der Waals surface area contributed by atoms with Gasteiger partial charge < -0.3 is 10.1 Å². The minimum atomic E-state index is -0.855. The Labute approximate surface area is 126 Å². The molecule has 0 heterocycles. The summed E-state index contributed by atoms with van der Waals surface area (Å²) in [6, 6.07) is 1.87. The molecule has 0 fully saturated rings. The van der Waals surface area contributed by atoms with Gasteiger partial charge in [0.25, 0.3) is 0 Å². The summed E-state index contributed by atoms with van der Waals surface area (Å²) in [4.78, 5) is 22.9. The largest absolute Gasteiger partial charge is 0.468 e. The number of rotatable bonds is 6. The van der Waals surface area contributed by atoms with Gasteiger partial charge in [-0.2, -0.15) is 0 Å². The van der Waals surface area contributed by atoms with Crippen molar-refractivity contribution in [2.24, 2.45) is 0 Å². The average Bonchev–Trinajstić information content (AvgIpc) is 2.43.